The number of amides is 1. The van der Waals surface area contributed by atoms with Gasteiger partial charge in [0, 0.05) is 0 Å². The first kappa shape index (κ1) is 19.3. The van der Waals surface area contributed by atoms with Crippen molar-refractivity contribution >= 4 is 22.0 Å². The van der Waals surface area contributed by atoms with Crippen LogP contribution in [0.25, 0.3) is 0 Å². The fourth-order valence-corrected chi connectivity index (χ4v) is 3.02. The molecule has 0 aliphatic heterocycles. The van der Waals surface area contributed by atoms with Crippen molar-refractivity contribution in [3.8, 4) is 0 Å². The van der Waals surface area contributed by atoms with E-state index >= 15 is 0 Å². The lowest BCUT2D eigenvalue weighted by Crippen LogP contribution is -2.56. The number of esters is 1. The molecule has 0 radical (unpaired) electrons. The van der Waals surface area contributed by atoms with Gasteiger partial charge < -0.3 is 15.2 Å². The Morgan fingerprint density at radius 1 is 1.38 bits per heavy atom. The number of carbonyl (C=O) groups is 2. The number of hydrogen-bond donors (Lipinski definition) is 3. The molecule has 8 nitrogen and oxygen atoms in total. The summed E-state index contributed by atoms with van der Waals surface area (Å²) in [6.07, 6.45) is -0.582. The average Bonchev–Trinajstić information content (AvgIpc) is 2.24. The first-order valence-corrected chi connectivity index (χ1v) is 7.32. The summed E-state index contributed by atoms with van der Waals surface area (Å²) < 4.78 is 36.8. The molecule has 2 atom stereocenters. The summed E-state index contributed by atoms with van der Waals surface area (Å²) in [6.45, 7) is 10.2. The number of aliphatic hydroxyl groups is 1. The lowest BCUT2D eigenvalue weighted by molar-refractivity contribution is -0.160. The maximum atomic E-state index is 11.7. The smallest absolute Gasteiger partial charge is 0.337 e. The molecule has 0 rings (SSSR count). The normalized spacial score (nSPS) is 14.7. The molecule has 0 aliphatic rings. The maximum absolute atomic E-state index is 11.7. The Labute approximate surface area is 123 Å². The summed E-state index contributed by atoms with van der Waals surface area (Å²) in [6, 6.07) is 0. The van der Waals surface area contributed by atoms with Gasteiger partial charge in [-0.2, -0.15) is 8.42 Å². The van der Waals surface area contributed by atoms with Crippen molar-refractivity contribution in [2.45, 2.75) is 37.9 Å². The van der Waals surface area contributed by atoms with E-state index in [9.17, 15) is 22.6 Å². The van der Waals surface area contributed by atoms with Gasteiger partial charge in [0.2, 0.25) is 5.91 Å². The van der Waals surface area contributed by atoms with Crippen molar-refractivity contribution in [2.75, 3.05) is 0 Å². The lowest BCUT2D eigenvalue weighted by Gasteiger charge is -2.33. The Bertz CT molecular complexity index is 548. The van der Waals surface area contributed by atoms with Crippen LogP contribution in [0.2, 0.25) is 0 Å². The fraction of sp³-hybridized carbons (Fsp3) is 0.500. The van der Waals surface area contributed by atoms with Crippen LogP contribution in [0.1, 0.15) is 20.8 Å². The molecule has 120 valence electrons. The first-order valence-electron chi connectivity index (χ1n) is 5.81. The van der Waals surface area contributed by atoms with Gasteiger partial charge in [-0.3, -0.25) is 9.35 Å². The Kier molecular flexibility index (Phi) is 6.28. The predicted octanol–water partition coefficient (Wildman–Crippen LogP) is -0.239. The zero-order valence-corrected chi connectivity index (χ0v) is 12.8. The van der Waals surface area contributed by atoms with Gasteiger partial charge >= 0.3 is 5.97 Å². The third-order valence-corrected chi connectivity index (χ3v) is 3.91. The molecule has 0 heterocycles. The Morgan fingerprint density at radius 2 is 1.86 bits per heavy atom. The molecule has 0 spiro atoms. The number of carbonyl (C=O) groups excluding carboxylic acids is 2. The highest BCUT2D eigenvalue weighted by molar-refractivity contribution is 7.86. The molecule has 0 fully saturated rings. The molecule has 0 saturated heterocycles. The van der Waals surface area contributed by atoms with E-state index in [1.165, 1.54) is 13.8 Å². The molecule has 3 N–H and O–H groups in total. The second-order valence-electron chi connectivity index (χ2n) is 4.84. The minimum Gasteiger partial charge on any atom is -0.433 e. The molecule has 0 aromatic rings. The minimum atomic E-state index is -4.79. The van der Waals surface area contributed by atoms with E-state index in [1.54, 1.807) is 0 Å². The van der Waals surface area contributed by atoms with Gasteiger partial charge in [0.1, 0.15) is 5.25 Å². The van der Waals surface area contributed by atoms with Crippen molar-refractivity contribution in [1.29, 1.82) is 0 Å². The van der Waals surface area contributed by atoms with Crippen LogP contribution in [0.3, 0.4) is 0 Å². The summed E-state index contributed by atoms with van der Waals surface area (Å²) in [4.78, 5) is 23.0. The summed E-state index contributed by atoms with van der Waals surface area (Å²) in [5.74, 6) is -1.92. The third-order valence-electron chi connectivity index (χ3n) is 2.44. The highest BCUT2D eigenvalue weighted by atomic mass is 32.2. The summed E-state index contributed by atoms with van der Waals surface area (Å²) >= 11 is 0. The quantitative estimate of drug-likeness (QED) is 0.255. The number of nitrogens with one attached hydrogen (secondary N) is 1. The second-order valence-corrected chi connectivity index (χ2v) is 6.34. The number of aliphatic hydroxyl groups excluding tert-OH is 1. The van der Waals surface area contributed by atoms with Crippen LogP contribution in [0, 0.1) is 0 Å². The minimum absolute atomic E-state index is 0.632. The molecule has 0 aromatic carbocycles. The Morgan fingerprint density at radius 3 is 2.19 bits per heavy atom. The lowest BCUT2D eigenvalue weighted by atomic mass is 9.94. The van der Waals surface area contributed by atoms with E-state index in [2.05, 4.69) is 23.2 Å². The molecule has 2 unspecified atom stereocenters. The topological polar surface area (TPSA) is 130 Å². The van der Waals surface area contributed by atoms with Gasteiger partial charge in [0.05, 0.1) is 11.1 Å². The van der Waals surface area contributed by atoms with Gasteiger partial charge in [-0.05, 0) is 26.8 Å². The van der Waals surface area contributed by atoms with Gasteiger partial charge in [-0.1, -0.05) is 13.2 Å². The van der Waals surface area contributed by atoms with Crippen LogP contribution in [-0.2, 0) is 24.4 Å². The van der Waals surface area contributed by atoms with Crippen LogP contribution in [0.5, 0.6) is 0 Å². The predicted molar refractivity (Wildman–Crippen MR) is 74.7 cm³/mol. The molecule has 9 heteroatoms. The molecule has 0 bridgehead atoms. The third kappa shape index (κ3) is 5.66. The summed E-state index contributed by atoms with van der Waals surface area (Å²) in [5.41, 5.74) is -2.21. The van der Waals surface area contributed by atoms with E-state index in [0.29, 0.717) is 0 Å². The van der Waals surface area contributed by atoms with Crippen molar-refractivity contribution in [3.05, 3.63) is 24.8 Å². The highest BCUT2D eigenvalue weighted by Crippen LogP contribution is 2.24. The van der Waals surface area contributed by atoms with Crippen LogP contribution < -0.4 is 5.32 Å². The molecule has 0 saturated carbocycles. The zero-order valence-electron chi connectivity index (χ0n) is 12.0. The van der Waals surface area contributed by atoms with Crippen molar-refractivity contribution in [3.63, 3.8) is 0 Å². The van der Waals surface area contributed by atoms with E-state index < -0.39 is 44.6 Å². The van der Waals surface area contributed by atoms with E-state index in [-0.39, 0.29) is 0 Å². The van der Waals surface area contributed by atoms with Crippen molar-refractivity contribution in [1.82, 2.24) is 5.32 Å². The summed E-state index contributed by atoms with van der Waals surface area (Å²) in [5, 5.41) is 9.38. The van der Waals surface area contributed by atoms with Gasteiger partial charge in [0.25, 0.3) is 10.1 Å². The van der Waals surface area contributed by atoms with E-state index in [4.69, 9.17) is 5.11 Å². The van der Waals surface area contributed by atoms with Crippen LogP contribution >= 0.6 is 0 Å². The Hall–Kier alpha value is -1.71. The molecule has 0 aliphatic carbocycles. The molecular weight excluding hydrogens is 302 g/mol. The average molecular weight is 321 g/mol. The fourth-order valence-electron chi connectivity index (χ4n) is 1.76. The second kappa shape index (κ2) is 6.83. The van der Waals surface area contributed by atoms with Gasteiger partial charge in [-0.15, -0.1) is 0 Å². The number of ether oxygens (including phenoxy) is 1. The van der Waals surface area contributed by atoms with Gasteiger partial charge in [-0.25, -0.2) is 4.79 Å². The largest absolute Gasteiger partial charge is 0.433 e. The zero-order chi connectivity index (χ0) is 17.0. The van der Waals surface area contributed by atoms with Crippen LogP contribution in [-0.4, -0.2) is 47.0 Å². The number of hydrogen-bond acceptors (Lipinski definition) is 6. The van der Waals surface area contributed by atoms with Crippen molar-refractivity contribution in [2.24, 2.45) is 0 Å². The van der Waals surface area contributed by atoms with Crippen LogP contribution in [0.15, 0.2) is 24.8 Å². The SMILES string of the molecule is C=CC(=O)NC(C)(C)C(C(=C)C(=O)OC(C)O)S(=O)(=O)O. The molecule has 21 heavy (non-hydrogen) atoms. The first-order chi connectivity index (χ1) is 9.32. The van der Waals surface area contributed by atoms with Crippen molar-refractivity contribution < 1.29 is 32.4 Å². The Balaban J connectivity index is 5.61. The van der Waals surface area contributed by atoms with Gasteiger partial charge in [0.15, 0.2) is 6.29 Å². The maximum Gasteiger partial charge on any atom is 0.337 e. The van der Waals surface area contributed by atoms with E-state index in [0.717, 1.165) is 13.0 Å². The highest BCUT2D eigenvalue weighted by Gasteiger charge is 2.44. The molecule has 0 aromatic heterocycles. The van der Waals surface area contributed by atoms with E-state index in [1.807, 2.05) is 0 Å². The monoisotopic (exact) mass is 321 g/mol. The molecular formula is C12H19NO7S. The number of rotatable bonds is 7. The standard InChI is InChI=1S/C12H19NO7S/c1-6-9(15)13-12(4,5)10(21(17,18)19)7(2)11(16)20-8(3)14/h6,8,10,14H,1-2H2,3-5H3,(H,13,15)(H,17,18,19). The van der Waals surface area contributed by atoms with Crippen LogP contribution in [0.4, 0.5) is 0 Å². The molecule has 1 amide bonds. The summed E-state index contributed by atoms with van der Waals surface area (Å²) in [7, 11) is -4.79.